The molecule has 0 heterocycles. The summed E-state index contributed by atoms with van der Waals surface area (Å²) in [6, 6.07) is 11.0. The highest BCUT2D eigenvalue weighted by Crippen LogP contribution is 2.27. The maximum Gasteiger partial charge on any atom is 0.269 e. The average molecular weight is 459 g/mol. The Morgan fingerprint density at radius 1 is 1.07 bits per heavy atom. The molecule has 0 aliphatic rings. The van der Waals surface area contributed by atoms with Gasteiger partial charge in [-0.1, -0.05) is 35.3 Å². The van der Waals surface area contributed by atoms with E-state index in [9.17, 15) is 18.0 Å². The average Bonchev–Trinajstić information content (AvgIpc) is 2.63. The molecule has 0 saturated heterocycles. The Morgan fingerprint density at radius 2 is 1.83 bits per heavy atom. The number of hydrazine groups is 1. The van der Waals surface area contributed by atoms with Crippen LogP contribution in [-0.4, -0.2) is 33.1 Å². The number of sulfone groups is 1. The van der Waals surface area contributed by atoms with Crippen LogP contribution in [0.5, 0.6) is 5.75 Å². The monoisotopic (exact) mass is 458 g/mol. The number of halogens is 2. The fourth-order valence-electron chi connectivity index (χ4n) is 2.37. The minimum absolute atomic E-state index is 0.125. The van der Waals surface area contributed by atoms with Crippen LogP contribution in [0.1, 0.15) is 28.8 Å². The van der Waals surface area contributed by atoms with Crippen molar-refractivity contribution in [3.05, 3.63) is 63.6 Å². The summed E-state index contributed by atoms with van der Waals surface area (Å²) in [5.74, 6) is -0.633. The molecule has 2 N–H and O–H groups in total. The second-order valence-electron chi connectivity index (χ2n) is 6.30. The van der Waals surface area contributed by atoms with E-state index in [4.69, 9.17) is 27.9 Å². The number of benzene rings is 2. The minimum Gasteiger partial charge on any atom is -0.492 e. The summed E-state index contributed by atoms with van der Waals surface area (Å²) in [6.07, 6.45) is 1.65. The zero-order valence-electron chi connectivity index (χ0n) is 15.6. The summed E-state index contributed by atoms with van der Waals surface area (Å²) < 4.78 is 28.2. The van der Waals surface area contributed by atoms with E-state index < -0.39 is 21.7 Å². The van der Waals surface area contributed by atoms with Crippen molar-refractivity contribution in [1.29, 1.82) is 0 Å². The number of hydrogen-bond donors (Lipinski definition) is 2. The first-order valence-electron chi connectivity index (χ1n) is 8.58. The summed E-state index contributed by atoms with van der Waals surface area (Å²) in [5.41, 5.74) is 5.34. The second-order valence-corrected chi connectivity index (χ2v) is 9.28. The van der Waals surface area contributed by atoms with Gasteiger partial charge in [-0.3, -0.25) is 20.4 Å². The first-order valence-corrected chi connectivity index (χ1v) is 11.4. The van der Waals surface area contributed by atoms with E-state index in [1.165, 1.54) is 12.1 Å². The lowest BCUT2D eigenvalue weighted by Gasteiger charge is -2.10. The molecule has 0 bridgehead atoms. The zero-order valence-corrected chi connectivity index (χ0v) is 17.9. The third kappa shape index (κ3) is 8.31. The first kappa shape index (κ1) is 23.0. The third-order valence-electron chi connectivity index (χ3n) is 3.63. The van der Waals surface area contributed by atoms with Gasteiger partial charge in [-0.15, -0.1) is 0 Å². The third-order valence-corrected chi connectivity index (χ3v) is 5.02. The van der Waals surface area contributed by atoms with Crippen molar-refractivity contribution >= 4 is 44.9 Å². The van der Waals surface area contributed by atoms with Gasteiger partial charge in [-0.2, -0.15) is 0 Å². The van der Waals surface area contributed by atoms with Crippen molar-refractivity contribution < 1.29 is 22.7 Å². The predicted molar refractivity (Wildman–Crippen MR) is 112 cm³/mol. The number of nitrogens with one attached hydrogen (secondary N) is 2. The van der Waals surface area contributed by atoms with Crippen molar-refractivity contribution in [2.45, 2.75) is 18.6 Å². The smallest absolute Gasteiger partial charge is 0.269 e. The Bertz CT molecular complexity index is 996. The van der Waals surface area contributed by atoms with Crippen molar-refractivity contribution in [2.75, 3.05) is 12.9 Å². The molecular formula is C19H20Cl2N2O5S. The maximum atomic E-state index is 12.1. The van der Waals surface area contributed by atoms with Crippen molar-refractivity contribution in [3.8, 4) is 5.75 Å². The summed E-state index contributed by atoms with van der Waals surface area (Å²) in [5, 5.41) is 0.881. The van der Waals surface area contributed by atoms with Crippen LogP contribution in [0.2, 0.25) is 10.0 Å². The van der Waals surface area contributed by atoms with Crippen molar-refractivity contribution in [3.63, 3.8) is 0 Å². The van der Waals surface area contributed by atoms with E-state index in [0.29, 0.717) is 27.8 Å². The first-order chi connectivity index (χ1) is 13.6. The van der Waals surface area contributed by atoms with Crippen LogP contribution in [0.15, 0.2) is 42.5 Å². The number of carbonyl (C=O) groups is 2. The lowest BCUT2D eigenvalue weighted by Crippen LogP contribution is -2.41. The van der Waals surface area contributed by atoms with E-state index in [2.05, 4.69) is 10.9 Å². The Balaban J connectivity index is 1.74. The van der Waals surface area contributed by atoms with Crippen LogP contribution in [0.25, 0.3) is 0 Å². The minimum atomic E-state index is -3.21. The van der Waals surface area contributed by atoms with Crippen LogP contribution in [0, 0.1) is 0 Å². The van der Waals surface area contributed by atoms with E-state index in [1.54, 1.807) is 30.3 Å². The summed E-state index contributed by atoms with van der Waals surface area (Å²) in [6.45, 7) is 0.260. The molecule has 2 rings (SSSR count). The van der Waals surface area contributed by atoms with Crippen molar-refractivity contribution in [2.24, 2.45) is 0 Å². The van der Waals surface area contributed by atoms with E-state index in [0.717, 1.165) is 6.26 Å². The SMILES string of the molecule is CS(=O)(=O)Cc1cccc(C(=O)NNC(=O)CCCOc2ccc(Cl)cc2Cl)c1. The largest absolute Gasteiger partial charge is 0.492 e. The standard InChI is InChI=1S/C19H20Cl2N2O5S/c1-29(26,27)12-13-4-2-5-14(10-13)19(25)23-22-18(24)6-3-9-28-17-8-7-15(20)11-16(17)21/h2,4-5,7-8,10-11H,3,6,9,12H2,1H3,(H,22,24)(H,23,25). The summed E-state index contributed by atoms with van der Waals surface area (Å²) in [4.78, 5) is 24.0. The van der Waals surface area contributed by atoms with E-state index >= 15 is 0 Å². The molecule has 0 aliphatic heterocycles. The highest BCUT2D eigenvalue weighted by molar-refractivity contribution is 7.89. The van der Waals surface area contributed by atoms with Gasteiger partial charge in [0, 0.05) is 23.3 Å². The molecule has 0 fully saturated rings. The zero-order chi connectivity index (χ0) is 21.4. The Morgan fingerprint density at radius 3 is 2.52 bits per heavy atom. The molecule has 156 valence electrons. The van der Waals surface area contributed by atoms with Crippen LogP contribution >= 0.6 is 23.2 Å². The van der Waals surface area contributed by atoms with E-state index in [1.807, 2.05) is 0 Å². The predicted octanol–water partition coefficient (Wildman–Crippen LogP) is 3.16. The molecule has 7 nitrogen and oxygen atoms in total. The van der Waals surface area contributed by atoms with Crippen molar-refractivity contribution in [1.82, 2.24) is 10.9 Å². The van der Waals surface area contributed by atoms with Gasteiger partial charge in [0.25, 0.3) is 5.91 Å². The number of carbonyl (C=O) groups excluding carboxylic acids is 2. The van der Waals surface area contributed by atoms with Crippen LogP contribution in [0.3, 0.4) is 0 Å². The molecule has 0 atom stereocenters. The van der Waals surface area contributed by atoms with E-state index in [-0.39, 0.29) is 24.3 Å². The number of amides is 2. The molecule has 0 aliphatic carbocycles. The maximum absolute atomic E-state index is 12.1. The molecule has 0 spiro atoms. The quantitative estimate of drug-likeness (QED) is 0.467. The lowest BCUT2D eigenvalue weighted by molar-refractivity contribution is -0.122. The second kappa shape index (κ2) is 10.5. The Hall–Kier alpha value is -2.29. The van der Waals surface area contributed by atoms with Gasteiger partial charge in [0.1, 0.15) is 5.75 Å². The molecule has 0 unspecified atom stereocenters. The van der Waals surface area contributed by atoms with Crippen LogP contribution < -0.4 is 15.6 Å². The Kier molecular flexibility index (Phi) is 8.31. The van der Waals surface area contributed by atoms with Gasteiger partial charge in [-0.25, -0.2) is 8.42 Å². The summed E-state index contributed by atoms with van der Waals surface area (Å²) in [7, 11) is -3.21. The van der Waals surface area contributed by atoms with Crippen LogP contribution in [0.4, 0.5) is 0 Å². The highest BCUT2D eigenvalue weighted by atomic mass is 35.5. The van der Waals surface area contributed by atoms with Gasteiger partial charge in [0.05, 0.1) is 17.4 Å². The molecule has 0 saturated carbocycles. The highest BCUT2D eigenvalue weighted by Gasteiger charge is 2.11. The van der Waals surface area contributed by atoms with Crippen LogP contribution in [-0.2, 0) is 20.4 Å². The molecular weight excluding hydrogens is 439 g/mol. The topological polar surface area (TPSA) is 102 Å². The van der Waals surface area contributed by atoms with Gasteiger partial charge >= 0.3 is 0 Å². The number of ether oxygens (including phenoxy) is 1. The molecule has 2 amide bonds. The molecule has 0 radical (unpaired) electrons. The van der Waals surface area contributed by atoms with Gasteiger partial charge in [-0.05, 0) is 42.3 Å². The molecule has 2 aromatic rings. The fraction of sp³-hybridized carbons (Fsp3) is 0.263. The van der Waals surface area contributed by atoms with Gasteiger partial charge < -0.3 is 4.74 Å². The molecule has 0 aromatic heterocycles. The molecule has 29 heavy (non-hydrogen) atoms. The summed E-state index contributed by atoms with van der Waals surface area (Å²) >= 11 is 11.8. The number of rotatable bonds is 8. The molecule has 2 aromatic carbocycles. The Labute approximate surface area is 179 Å². The molecule has 10 heteroatoms. The lowest BCUT2D eigenvalue weighted by atomic mass is 10.1. The normalized spacial score (nSPS) is 11.0. The fourth-order valence-corrected chi connectivity index (χ4v) is 3.62. The van der Waals surface area contributed by atoms with Gasteiger partial charge in [0.15, 0.2) is 9.84 Å². The number of hydrogen-bond acceptors (Lipinski definition) is 5. The van der Waals surface area contributed by atoms with Gasteiger partial charge in [0.2, 0.25) is 5.91 Å².